The fourth-order valence-corrected chi connectivity index (χ4v) is 3.98. The molecule has 3 N–H and O–H groups in total. The van der Waals surface area contributed by atoms with Crippen LogP contribution in [-0.4, -0.2) is 16.6 Å². The van der Waals surface area contributed by atoms with Crippen molar-refractivity contribution in [2.45, 2.75) is 12.5 Å². The molecular formula is C24H21N3O2S. The zero-order valence-corrected chi connectivity index (χ0v) is 17.0. The third kappa shape index (κ3) is 4.39. The Kier molecular flexibility index (Phi) is 5.86. The SMILES string of the molecule is Nc1ccccc1NC(=O)c1ccc(C(C2=CC=CC(=O)C2)N2C=CSC=C2)cc1. The Morgan fingerprint density at radius 3 is 2.50 bits per heavy atom. The highest BCUT2D eigenvalue weighted by Crippen LogP contribution is 2.35. The molecule has 0 aromatic heterocycles. The molecule has 2 aromatic rings. The minimum Gasteiger partial charge on any atom is -0.397 e. The molecule has 0 bridgehead atoms. The summed E-state index contributed by atoms with van der Waals surface area (Å²) in [5, 5.41) is 6.84. The molecule has 30 heavy (non-hydrogen) atoms. The normalized spacial score (nSPS) is 16.3. The van der Waals surface area contributed by atoms with E-state index in [1.807, 2.05) is 53.6 Å². The van der Waals surface area contributed by atoms with Crippen molar-refractivity contribution < 1.29 is 9.59 Å². The fourth-order valence-electron chi connectivity index (χ4n) is 3.46. The summed E-state index contributed by atoms with van der Waals surface area (Å²) in [4.78, 5) is 26.7. The number of rotatable bonds is 5. The lowest BCUT2D eigenvalue weighted by molar-refractivity contribution is -0.114. The molecule has 1 aliphatic heterocycles. The van der Waals surface area contributed by atoms with E-state index in [9.17, 15) is 9.59 Å². The van der Waals surface area contributed by atoms with Crippen molar-refractivity contribution >= 4 is 34.8 Å². The highest BCUT2D eigenvalue weighted by molar-refractivity contribution is 8.04. The predicted molar refractivity (Wildman–Crippen MR) is 123 cm³/mol. The molecular weight excluding hydrogens is 394 g/mol. The van der Waals surface area contributed by atoms with Gasteiger partial charge in [-0.2, -0.15) is 0 Å². The first-order chi connectivity index (χ1) is 14.6. The Hall–Kier alpha value is -3.51. The van der Waals surface area contributed by atoms with Crippen LogP contribution in [0.1, 0.15) is 28.4 Å². The molecule has 1 heterocycles. The quantitative estimate of drug-likeness (QED) is 0.672. The molecule has 1 amide bonds. The van der Waals surface area contributed by atoms with Gasteiger partial charge >= 0.3 is 0 Å². The van der Waals surface area contributed by atoms with Gasteiger partial charge in [-0.1, -0.05) is 36.4 Å². The Morgan fingerprint density at radius 2 is 1.80 bits per heavy atom. The van der Waals surface area contributed by atoms with Gasteiger partial charge in [-0.05, 0) is 52.3 Å². The van der Waals surface area contributed by atoms with Crippen molar-refractivity contribution in [1.82, 2.24) is 4.90 Å². The van der Waals surface area contributed by atoms with Crippen molar-refractivity contribution in [3.05, 3.63) is 107 Å². The zero-order valence-electron chi connectivity index (χ0n) is 16.2. The minimum atomic E-state index is -0.222. The lowest BCUT2D eigenvalue weighted by atomic mass is 9.90. The second kappa shape index (κ2) is 8.88. The van der Waals surface area contributed by atoms with Gasteiger partial charge in [0.1, 0.15) is 0 Å². The lowest BCUT2D eigenvalue weighted by Crippen LogP contribution is -2.23. The number of amides is 1. The van der Waals surface area contributed by atoms with Gasteiger partial charge in [0.25, 0.3) is 5.91 Å². The van der Waals surface area contributed by atoms with Gasteiger partial charge in [0, 0.05) is 24.4 Å². The summed E-state index contributed by atoms with van der Waals surface area (Å²) < 4.78 is 0. The molecule has 5 nitrogen and oxygen atoms in total. The van der Waals surface area contributed by atoms with Crippen molar-refractivity contribution in [2.75, 3.05) is 11.1 Å². The van der Waals surface area contributed by atoms with Gasteiger partial charge in [0.15, 0.2) is 5.78 Å². The first-order valence-corrected chi connectivity index (χ1v) is 10.5. The van der Waals surface area contributed by atoms with Gasteiger partial charge in [-0.15, -0.1) is 11.8 Å². The zero-order chi connectivity index (χ0) is 20.9. The number of nitrogens with one attached hydrogen (secondary N) is 1. The van der Waals surface area contributed by atoms with E-state index in [1.165, 1.54) is 0 Å². The fraction of sp³-hybridized carbons (Fsp3) is 0.0833. The minimum absolute atomic E-state index is 0.0910. The number of nitrogens with zero attached hydrogens (tertiary/aromatic N) is 1. The summed E-state index contributed by atoms with van der Waals surface area (Å²) in [6.07, 6.45) is 9.76. The number of hydrogen-bond acceptors (Lipinski definition) is 5. The van der Waals surface area contributed by atoms with Crippen LogP contribution in [0.2, 0.25) is 0 Å². The maximum Gasteiger partial charge on any atom is 0.255 e. The van der Waals surface area contributed by atoms with Crippen LogP contribution in [0, 0.1) is 0 Å². The molecule has 0 saturated heterocycles. The molecule has 150 valence electrons. The second-order valence-electron chi connectivity index (χ2n) is 6.96. The third-order valence-corrected chi connectivity index (χ3v) is 5.50. The number of carbonyl (C=O) groups excluding carboxylic acids is 2. The molecule has 2 aromatic carbocycles. The number of para-hydroxylation sites is 2. The summed E-state index contributed by atoms with van der Waals surface area (Å²) in [5.41, 5.74) is 9.57. The average Bonchev–Trinajstić information content (AvgIpc) is 2.77. The summed E-state index contributed by atoms with van der Waals surface area (Å²) >= 11 is 1.60. The van der Waals surface area contributed by atoms with E-state index < -0.39 is 0 Å². The molecule has 2 aliphatic rings. The summed E-state index contributed by atoms with van der Waals surface area (Å²) in [7, 11) is 0. The van der Waals surface area contributed by atoms with Crippen molar-refractivity contribution in [3.63, 3.8) is 0 Å². The van der Waals surface area contributed by atoms with Crippen molar-refractivity contribution in [2.24, 2.45) is 0 Å². The van der Waals surface area contributed by atoms with E-state index >= 15 is 0 Å². The average molecular weight is 416 g/mol. The van der Waals surface area contributed by atoms with E-state index in [4.69, 9.17) is 5.73 Å². The molecule has 1 unspecified atom stereocenters. The molecule has 0 radical (unpaired) electrons. The number of hydrogen-bond donors (Lipinski definition) is 2. The summed E-state index contributed by atoms with van der Waals surface area (Å²) in [6, 6.07) is 14.5. The first-order valence-electron chi connectivity index (χ1n) is 9.54. The van der Waals surface area contributed by atoms with Crippen LogP contribution in [0.25, 0.3) is 0 Å². The van der Waals surface area contributed by atoms with E-state index in [0.29, 0.717) is 23.4 Å². The highest BCUT2D eigenvalue weighted by Gasteiger charge is 2.24. The molecule has 0 saturated carbocycles. The summed E-state index contributed by atoms with van der Waals surface area (Å²) in [6.45, 7) is 0. The molecule has 1 aliphatic carbocycles. The van der Waals surface area contributed by atoms with Crippen LogP contribution < -0.4 is 11.1 Å². The largest absolute Gasteiger partial charge is 0.397 e. The molecule has 1 atom stereocenters. The second-order valence-corrected chi connectivity index (χ2v) is 7.78. The lowest BCUT2D eigenvalue weighted by Gasteiger charge is -2.32. The van der Waals surface area contributed by atoms with Gasteiger partial charge in [0.05, 0.1) is 17.4 Å². The summed E-state index contributed by atoms with van der Waals surface area (Å²) in [5.74, 6) is -0.131. The standard InChI is InChI=1S/C24H21N3O2S/c25-21-6-1-2-7-22(21)26-24(29)18-10-8-17(9-11-18)23(27-12-14-30-15-13-27)19-4-3-5-20(28)16-19/h1-15,23H,16,25H2,(H,26,29). The Bertz CT molecular complexity index is 1070. The number of ketones is 1. The van der Waals surface area contributed by atoms with E-state index in [1.54, 1.807) is 48.2 Å². The number of allylic oxidation sites excluding steroid dienone is 3. The maximum atomic E-state index is 12.6. The Morgan fingerprint density at radius 1 is 1.07 bits per heavy atom. The molecule has 4 rings (SSSR count). The molecule has 0 spiro atoms. The number of carbonyl (C=O) groups is 2. The van der Waals surface area contributed by atoms with Crippen LogP contribution in [0.15, 0.2) is 95.5 Å². The number of nitrogens with two attached hydrogens (primary N) is 1. The van der Waals surface area contributed by atoms with Gasteiger partial charge in [0.2, 0.25) is 0 Å². The highest BCUT2D eigenvalue weighted by atomic mass is 32.2. The van der Waals surface area contributed by atoms with Crippen LogP contribution >= 0.6 is 11.8 Å². The molecule has 0 fully saturated rings. The Balaban J connectivity index is 1.59. The number of thioether (sulfide) groups is 1. The van der Waals surface area contributed by atoms with Crippen LogP contribution in [-0.2, 0) is 4.79 Å². The number of nitrogen functional groups attached to an aromatic ring is 1. The predicted octanol–water partition coefficient (Wildman–Crippen LogP) is 5.01. The smallest absolute Gasteiger partial charge is 0.255 e. The van der Waals surface area contributed by atoms with Crippen LogP contribution in [0.5, 0.6) is 0 Å². The van der Waals surface area contributed by atoms with Gasteiger partial charge in [-0.25, -0.2) is 0 Å². The van der Waals surface area contributed by atoms with E-state index in [0.717, 1.165) is 11.1 Å². The van der Waals surface area contributed by atoms with Crippen LogP contribution in [0.4, 0.5) is 11.4 Å². The number of anilines is 2. The van der Waals surface area contributed by atoms with E-state index in [2.05, 4.69) is 10.2 Å². The Labute approximate surface area is 179 Å². The molecule has 6 heteroatoms. The monoisotopic (exact) mass is 415 g/mol. The van der Waals surface area contributed by atoms with Gasteiger partial charge < -0.3 is 16.0 Å². The van der Waals surface area contributed by atoms with Crippen molar-refractivity contribution in [3.8, 4) is 0 Å². The number of benzene rings is 2. The maximum absolute atomic E-state index is 12.6. The topological polar surface area (TPSA) is 75.4 Å². The van der Waals surface area contributed by atoms with Crippen molar-refractivity contribution in [1.29, 1.82) is 0 Å². The first kappa shape index (κ1) is 19.8. The van der Waals surface area contributed by atoms with E-state index in [-0.39, 0.29) is 17.7 Å². The van der Waals surface area contributed by atoms with Gasteiger partial charge in [-0.3, -0.25) is 9.59 Å². The third-order valence-electron chi connectivity index (χ3n) is 4.94. The van der Waals surface area contributed by atoms with Crippen LogP contribution in [0.3, 0.4) is 0 Å².